The topological polar surface area (TPSA) is 71.1 Å². The Hall–Kier alpha value is -2.76. The van der Waals surface area contributed by atoms with Gasteiger partial charge in [0.15, 0.2) is 0 Å². The van der Waals surface area contributed by atoms with Crippen molar-refractivity contribution in [2.45, 2.75) is 26.2 Å². The molecule has 0 aliphatic rings. The van der Waals surface area contributed by atoms with E-state index in [1.165, 1.54) is 30.5 Å². The summed E-state index contributed by atoms with van der Waals surface area (Å²) in [6, 6.07) is 8.77. The number of nitrogens with zero attached hydrogens (tertiary/aromatic N) is 1. The predicted octanol–water partition coefficient (Wildman–Crippen LogP) is 3.39. The first-order chi connectivity index (χ1) is 11.6. The molecule has 0 unspecified atom stereocenters. The molecule has 2 rings (SSSR count). The van der Waals surface area contributed by atoms with Crippen LogP contribution in [0, 0.1) is 5.82 Å². The van der Waals surface area contributed by atoms with E-state index >= 15 is 0 Å². The molecule has 1 aromatic carbocycles. The van der Waals surface area contributed by atoms with Gasteiger partial charge < -0.3 is 10.6 Å². The minimum atomic E-state index is -0.520. The summed E-state index contributed by atoms with van der Waals surface area (Å²) in [6.07, 6.45) is 4.39. The van der Waals surface area contributed by atoms with Gasteiger partial charge >= 0.3 is 0 Å². The largest absolute Gasteiger partial charge is 0.351 e. The highest BCUT2D eigenvalue weighted by atomic mass is 19.1. The van der Waals surface area contributed by atoms with Gasteiger partial charge in [-0.15, -0.1) is 0 Å². The van der Waals surface area contributed by atoms with Crippen molar-refractivity contribution in [2.24, 2.45) is 0 Å². The molecule has 1 aromatic heterocycles. The summed E-state index contributed by atoms with van der Waals surface area (Å²) in [5, 5.41) is 5.24. The Balaban J connectivity index is 2.02. The number of carbonyl (C=O) groups is 2. The molecule has 2 amide bonds. The van der Waals surface area contributed by atoms with E-state index in [1.54, 1.807) is 12.1 Å². The number of anilines is 1. The molecular weight excluding hydrogens is 309 g/mol. The van der Waals surface area contributed by atoms with E-state index in [4.69, 9.17) is 0 Å². The lowest BCUT2D eigenvalue weighted by Crippen LogP contribution is -2.26. The monoisotopic (exact) mass is 329 g/mol. The number of halogens is 1. The fraction of sp³-hybridized carbons (Fsp3) is 0.278. The maximum Gasteiger partial charge on any atom is 0.269 e. The lowest BCUT2D eigenvalue weighted by molar-refractivity contribution is 0.0948. The molecule has 126 valence electrons. The highest BCUT2D eigenvalue weighted by Gasteiger charge is 2.13. The number of hydrogen-bond donors (Lipinski definition) is 2. The van der Waals surface area contributed by atoms with Crippen LogP contribution in [0.5, 0.6) is 0 Å². The molecule has 2 aromatic rings. The van der Waals surface area contributed by atoms with E-state index in [0.717, 1.165) is 19.3 Å². The summed E-state index contributed by atoms with van der Waals surface area (Å²) in [7, 11) is 0. The molecule has 1 heterocycles. The third-order valence-corrected chi connectivity index (χ3v) is 3.44. The molecule has 24 heavy (non-hydrogen) atoms. The average Bonchev–Trinajstić information content (AvgIpc) is 2.60. The molecule has 0 aliphatic carbocycles. The number of unbranched alkanes of at least 4 members (excludes halogenated alkanes) is 2. The van der Waals surface area contributed by atoms with Crippen molar-refractivity contribution in [1.82, 2.24) is 10.3 Å². The molecule has 5 nitrogen and oxygen atoms in total. The number of amides is 2. The number of nitrogens with one attached hydrogen (secondary N) is 2. The fourth-order valence-corrected chi connectivity index (χ4v) is 2.12. The maximum absolute atomic E-state index is 13.6. The first-order valence-electron chi connectivity index (χ1n) is 7.92. The number of hydrogen-bond acceptors (Lipinski definition) is 3. The summed E-state index contributed by atoms with van der Waals surface area (Å²) in [6.45, 7) is 2.65. The Kier molecular flexibility index (Phi) is 6.42. The van der Waals surface area contributed by atoms with Crippen LogP contribution < -0.4 is 10.6 Å². The van der Waals surface area contributed by atoms with Crippen molar-refractivity contribution in [1.29, 1.82) is 0 Å². The zero-order valence-corrected chi connectivity index (χ0v) is 13.5. The molecule has 0 atom stereocenters. The normalized spacial score (nSPS) is 10.2. The average molecular weight is 329 g/mol. The first kappa shape index (κ1) is 17.6. The zero-order chi connectivity index (χ0) is 17.4. The molecule has 0 saturated heterocycles. The molecule has 0 spiro atoms. The molecule has 6 heteroatoms. The van der Waals surface area contributed by atoms with Crippen LogP contribution in [-0.2, 0) is 0 Å². The first-order valence-corrected chi connectivity index (χ1v) is 7.92. The zero-order valence-electron chi connectivity index (χ0n) is 13.5. The van der Waals surface area contributed by atoms with Crippen LogP contribution in [0.4, 0.5) is 10.1 Å². The molecule has 0 fully saturated rings. The summed E-state index contributed by atoms with van der Waals surface area (Å²) in [5.41, 5.74) is 0.490. The second-order valence-corrected chi connectivity index (χ2v) is 5.33. The Morgan fingerprint density at radius 1 is 1.12 bits per heavy atom. The second-order valence-electron chi connectivity index (χ2n) is 5.33. The third-order valence-electron chi connectivity index (χ3n) is 3.44. The number of rotatable bonds is 7. The number of aromatic nitrogens is 1. The minimum absolute atomic E-state index is 0.0879. The van der Waals surface area contributed by atoms with Gasteiger partial charge in [0.1, 0.15) is 11.5 Å². The molecule has 0 saturated carbocycles. The standard InChI is InChI=1S/C18H20FN3O2/c1-2-3-6-10-21-18(24)16-12-13(9-11-20-16)17(23)22-15-8-5-4-7-14(15)19/h4-5,7-9,11-12H,2-3,6,10H2,1H3,(H,21,24)(H,22,23). The van der Waals surface area contributed by atoms with E-state index in [0.29, 0.717) is 6.54 Å². The smallest absolute Gasteiger partial charge is 0.269 e. The lowest BCUT2D eigenvalue weighted by atomic mass is 10.2. The number of benzene rings is 1. The van der Waals surface area contributed by atoms with Crippen molar-refractivity contribution in [3.05, 3.63) is 59.7 Å². The van der Waals surface area contributed by atoms with Crippen molar-refractivity contribution < 1.29 is 14.0 Å². The Bertz CT molecular complexity index is 719. The van der Waals surface area contributed by atoms with Crippen LogP contribution in [0.3, 0.4) is 0 Å². The van der Waals surface area contributed by atoms with Gasteiger partial charge in [-0.1, -0.05) is 31.9 Å². The number of carbonyl (C=O) groups excluding carboxylic acids is 2. The van der Waals surface area contributed by atoms with Gasteiger partial charge in [0.05, 0.1) is 5.69 Å². The summed E-state index contributed by atoms with van der Waals surface area (Å²) < 4.78 is 13.6. The van der Waals surface area contributed by atoms with Gasteiger partial charge in [-0.05, 0) is 30.7 Å². The van der Waals surface area contributed by atoms with Gasteiger partial charge in [-0.25, -0.2) is 4.39 Å². The van der Waals surface area contributed by atoms with E-state index in [2.05, 4.69) is 22.5 Å². The SMILES string of the molecule is CCCCCNC(=O)c1cc(C(=O)Nc2ccccc2F)ccn1. The second kappa shape index (κ2) is 8.76. The van der Waals surface area contributed by atoms with Crippen molar-refractivity contribution in [2.75, 3.05) is 11.9 Å². The Morgan fingerprint density at radius 3 is 2.67 bits per heavy atom. The van der Waals surface area contributed by atoms with Crippen molar-refractivity contribution in [3.8, 4) is 0 Å². The van der Waals surface area contributed by atoms with Crippen LogP contribution in [0.15, 0.2) is 42.6 Å². The minimum Gasteiger partial charge on any atom is -0.351 e. The quantitative estimate of drug-likeness (QED) is 0.765. The van der Waals surface area contributed by atoms with Gasteiger partial charge in [0, 0.05) is 18.3 Å². The van der Waals surface area contributed by atoms with Crippen molar-refractivity contribution >= 4 is 17.5 Å². The van der Waals surface area contributed by atoms with Gasteiger partial charge in [-0.2, -0.15) is 0 Å². The van der Waals surface area contributed by atoms with E-state index in [-0.39, 0.29) is 22.9 Å². The van der Waals surface area contributed by atoms with E-state index in [9.17, 15) is 14.0 Å². The molecular formula is C18H20FN3O2. The Labute approximate surface area is 140 Å². The van der Waals surface area contributed by atoms with Crippen LogP contribution in [0.2, 0.25) is 0 Å². The van der Waals surface area contributed by atoms with Crippen LogP contribution in [-0.4, -0.2) is 23.3 Å². The Morgan fingerprint density at radius 2 is 1.92 bits per heavy atom. The van der Waals surface area contributed by atoms with E-state index < -0.39 is 11.7 Å². The van der Waals surface area contributed by atoms with Gasteiger partial charge in [-0.3, -0.25) is 14.6 Å². The maximum atomic E-state index is 13.6. The van der Waals surface area contributed by atoms with Crippen LogP contribution in [0.1, 0.15) is 47.0 Å². The fourth-order valence-electron chi connectivity index (χ4n) is 2.12. The van der Waals surface area contributed by atoms with Crippen LogP contribution >= 0.6 is 0 Å². The molecule has 0 bridgehead atoms. The summed E-state index contributed by atoms with van der Waals surface area (Å²) >= 11 is 0. The highest BCUT2D eigenvalue weighted by molar-refractivity contribution is 6.05. The van der Waals surface area contributed by atoms with Crippen molar-refractivity contribution in [3.63, 3.8) is 0 Å². The van der Waals surface area contributed by atoms with Gasteiger partial charge in [0.25, 0.3) is 11.8 Å². The van der Waals surface area contributed by atoms with Gasteiger partial charge in [0.2, 0.25) is 0 Å². The summed E-state index contributed by atoms with van der Waals surface area (Å²) in [4.78, 5) is 28.2. The van der Waals surface area contributed by atoms with E-state index in [1.807, 2.05) is 0 Å². The summed E-state index contributed by atoms with van der Waals surface area (Å²) in [5.74, 6) is -1.34. The lowest BCUT2D eigenvalue weighted by Gasteiger charge is -2.08. The number of para-hydroxylation sites is 1. The molecule has 0 aliphatic heterocycles. The number of pyridine rings is 1. The van der Waals surface area contributed by atoms with Crippen LogP contribution in [0.25, 0.3) is 0 Å². The molecule has 2 N–H and O–H groups in total. The predicted molar refractivity (Wildman–Crippen MR) is 90.4 cm³/mol. The highest BCUT2D eigenvalue weighted by Crippen LogP contribution is 2.14. The molecule has 0 radical (unpaired) electrons. The third kappa shape index (κ3) is 4.87.